The maximum Gasteiger partial charge on any atom is 0.341 e. The summed E-state index contributed by atoms with van der Waals surface area (Å²) in [4.78, 5) is 49.3. The normalized spacial score (nSPS) is 22.8. The molecule has 3 aliphatic rings. The molecule has 0 unspecified atom stereocenters. The Morgan fingerprint density at radius 1 is 0.548 bits per heavy atom. The van der Waals surface area contributed by atoms with Crippen LogP contribution in [0.5, 0.6) is 0 Å². The number of carbonyl (C=O) groups is 3. The molecule has 3 heterocycles. The number of amides is 2. The molecule has 0 radical (unpaired) electrons. The van der Waals surface area contributed by atoms with Gasteiger partial charge < -0.3 is 42.6 Å². The van der Waals surface area contributed by atoms with Crippen molar-refractivity contribution in [2.45, 2.75) is 121 Å². The first-order valence-electron chi connectivity index (χ1n) is 28.3. The van der Waals surface area contributed by atoms with E-state index < -0.39 is 79.1 Å². The van der Waals surface area contributed by atoms with E-state index in [2.05, 4.69) is 28.8 Å². The Morgan fingerprint density at radius 3 is 1.50 bits per heavy atom. The monoisotopic (exact) mass is 1130 g/mol. The lowest BCUT2D eigenvalue weighted by Crippen LogP contribution is -2.69. The molecule has 10 rings (SSSR count). The molecule has 0 aliphatic carbocycles. The van der Waals surface area contributed by atoms with Crippen LogP contribution in [0, 0.1) is 11.8 Å². The van der Waals surface area contributed by atoms with Gasteiger partial charge >= 0.3 is 5.97 Å². The smallest absolute Gasteiger partial charge is 0.341 e. The van der Waals surface area contributed by atoms with Crippen LogP contribution in [0.4, 0.5) is 0 Å². The highest BCUT2D eigenvalue weighted by Gasteiger charge is 2.58. The highest BCUT2D eigenvalue weighted by atomic mass is 16.7. The molecule has 3 aliphatic heterocycles. The fourth-order valence-corrected chi connectivity index (χ4v) is 10.5. The number of carbonyl (C=O) groups excluding carboxylic acids is 3. The Morgan fingerprint density at radius 2 is 0.988 bits per heavy atom. The molecule has 7 aromatic rings. The van der Waals surface area contributed by atoms with Crippen LogP contribution in [0.25, 0.3) is 10.4 Å². The first-order chi connectivity index (χ1) is 41.4. The van der Waals surface area contributed by atoms with Gasteiger partial charge in [-0.3, -0.25) is 14.5 Å². The van der Waals surface area contributed by atoms with Crippen molar-refractivity contribution in [1.82, 2.24) is 4.90 Å². The van der Waals surface area contributed by atoms with Gasteiger partial charge in [0.1, 0.15) is 48.7 Å². The molecule has 2 fully saturated rings. The fourth-order valence-electron chi connectivity index (χ4n) is 10.5. The molecule has 2 amide bonds. The minimum atomic E-state index is -1.70. The van der Waals surface area contributed by atoms with Gasteiger partial charge in [-0.25, -0.2) is 4.79 Å². The van der Waals surface area contributed by atoms with Crippen molar-refractivity contribution in [3.05, 3.63) is 261 Å². The van der Waals surface area contributed by atoms with Crippen LogP contribution >= 0.6 is 0 Å². The first-order valence-corrected chi connectivity index (χ1v) is 28.3. The highest BCUT2D eigenvalue weighted by molar-refractivity contribution is 6.21. The molecule has 0 spiro atoms. The maximum absolute atomic E-state index is 15.0. The van der Waals surface area contributed by atoms with Crippen LogP contribution in [0.2, 0.25) is 0 Å². The molecule has 7 aromatic carbocycles. The molecule has 0 bridgehead atoms. The van der Waals surface area contributed by atoms with Crippen LogP contribution < -0.4 is 0 Å². The molecule has 10 atom stereocenters. The number of nitrogens with zero attached hydrogens (tertiary/aromatic N) is 4. The third kappa shape index (κ3) is 14.9. The summed E-state index contributed by atoms with van der Waals surface area (Å²) in [6.45, 7) is 2.29. The lowest BCUT2D eigenvalue weighted by molar-refractivity contribution is -0.341. The number of esters is 1. The molecule has 84 heavy (non-hydrogen) atoms. The van der Waals surface area contributed by atoms with Crippen LogP contribution in [0.1, 0.15) is 90.6 Å². The van der Waals surface area contributed by atoms with Crippen molar-refractivity contribution >= 4 is 17.8 Å². The Balaban J connectivity index is 1.09. The lowest BCUT2D eigenvalue weighted by atomic mass is 9.93. The van der Waals surface area contributed by atoms with Gasteiger partial charge in [0.2, 0.25) is 6.29 Å². The lowest BCUT2D eigenvalue weighted by Gasteiger charge is -2.50. The summed E-state index contributed by atoms with van der Waals surface area (Å²) in [6, 6.07) is 58.2. The Labute approximate surface area is 489 Å². The summed E-state index contributed by atoms with van der Waals surface area (Å²) in [6.07, 6.45) is -7.66. The zero-order valence-corrected chi connectivity index (χ0v) is 46.6. The average Bonchev–Trinajstić information content (AvgIpc) is 1.99. The zero-order chi connectivity index (χ0) is 57.9. The van der Waals surface area contributed by atoms with E-state index in [0.29, 0.717) is 12.0 Å². The first kappa shape index (κ1) is 58.9. The van der Waals surface area contributed by atoms with Crippen LogP contribution in [0.3, 0.4) is 0 Å². The van der Waals surface area contributed by atoms with Crippen LogP contribution in [-0.2, 0) is 75.7 Å². The van der Waals surface area contributed by atoms with E-state index >= 15 is 9.59 Å². The number of ether oxygens (including phenoxy) is 9. The number of unbranched alkanes of at least 4 members (excludes halogenated alkanes) is 2. The van der Waals surface area contributed by atoms with Crippen molar-refractivity contribution in [1.29, 1.82) is 0 Å². The Kier molecular flexibility index (Phi) is 20.9. The summed E-state index contributed by atoms with van der Waals surface area (Å²) in [5.74, 6) is 4.12. The van der Waals surface area contributed by atoms with Gasteiger partial charge in [-0.2, -0.15) is 0 Å². The molecule has 16 heteroatoms. The number of fused-ring (bicyclic) bond motifs is 1. The van der Waals surface area contributed by atoms with E-state index in [0.717, 1.165) is 45.6 Å². The second-order valence-electron chi connectivity index (χ2n) is 20.5. The van der Waals surface area contributed by atoms with E-state index in [1.54, 1.807) is 48.5 Å². The van der Waals surface area contributed by atoms with Gasteiger partial charge in [-0.15, -0.1) is 0 Å². The van der Waals surface area contributed by atoms with Crippen LogP contribution in [-0.4, -0.2) is 97.2 Å². The standard InChI is InChI=1S/C68H66N4O12/c1-2-3-4-20-35-52-36-21-22-37-53(52)66(75)84-68-59(72-64(73)54-38-23-24-39-55(54)65(72)74)63(80-44-51-33-18-9-19-34-51)61(57(82-68)46-77-41-48-27-12-6-13-28-48)83-67-58(70-71-69)62(79-43-50-31-16-8-17-32-50)60(78-42-49-29-14-7-15-30-49)56(81-67)45-76-40-47-25-10-5-11-26-47/h5-19,21-34,36-39,56-63,67-68H,2-4,40-46H2,1H3/t56-,57-,58-,59-,60-,61-,62-,63-,67+,68+/m1/s1. The molecule has 430 valence electrons. The summed E-state index contributed by atoms with van der Waals surface area (Å²) < 4.78 is 61.6. The van der Waals surface area contributed by atoms with Crippen molar-refractivity contribution < 1.29 is 57.0 Å². The summed E-state index contributed by atoms with van der Waals surface area (Å²) >= 11 is 0. The van der Waals surface area contributed by atoms with Gasteiger partial charge in [0.15, 0.2) is 6.29 Å². The molecular formula is C68H66N4O12. The Bertz CT molecular complexity index is 3330. The number of imide groups is 1. The molecule has 16 nitrogen and oxygen atoms in total. The number of hydrogen-bond donors (Lipinski definition) is 0. The molecular weight excluding hydrogens is 1060 g/mol. The number of hydrogen-bond acceptors (Lipinski definition) is 13. The minimum Gasteiger partial charge on any atom is -0.430 e. The number of azide groups is 1. The minimum absolute atomic E-state index is 0.0404. The third-order valence-electron chi connectivity index (χ3n) is 14.7. The Hall–Kier alpha value is -8.30. The topological polar surface area (TPSA) is 186 Å². The highest BCUT2D eigenvalue weighted by Crippen LogP contribution is 2.40. The third-order valence-corrected chi connectivity index (χ3v) is 14.7. The fraction of sp³-hybridized carbons (Fsp3) is 0.309. The predicted molar refractivity (Wildman–Crippen MR) is 311 cm³/mol. The number of rotatable bonds is 25. The molecule has 0 aromatic heterocycles. The number of benzene rings is 7. The summed E-state index contributed by atoms with van der Waals surface area (Å²) in [7, 11) is 0. The molecule has 2 saturated heterocycles. The summed E-state index contributed by atoms with van der Waals surface area (Å²) in [5, 5.41) is 4.39. The predicted octanol–water partition coefficient (Wildman–Crippen LogP) is 11.8. The van der Waals surface area contributed by atoms with Crippen molar-refractivity contribution in [2.24, 2.45) is 5.11 Å². The molecule has 0 saturated carbocycles. The van der Waals surface area contributed by atoms with Crippen molar-refractivity contribution in [3.8, 4) is 11.8 Å². The van der Waals surface area contributed by atoms with Gasteiger partial charge in [-0.1, -0.05) is 206 Å². The van der Waals surface area contributed by atoms with Gasteiger partial charge in [0.05, 0.1) is 62.9 Å². The van der Waals surface area contributed by atoms with Crippen LogP contribution in [0.15, 0.2) is 205 Å². The molecule has 0 N–H and O–H groups in total. The van der Waals surface area contributed by atoms with Gasteiger partial charge in [0.25, 0.3) is 11.8 Å². The van der Waals surface area contributed by atoms with Crippen molar-refractivity contribution in [2.75, 3.05) is 13.2 Å². The van der Waals surface area contributed by atoms with Crippen molar-refractivity contribution in [3.63, 3.8) is 0 Å². The summed E-state index contributed by atoms with van der Waals surface area (Å²) in [5.41, 5.74) is 15.6. The van der Waals surface area contributed by atoms with E-state index in [1.165, 1.54) is 0 Å². The maximum atomic E-state index is 15.0. The van der Waals surface area contributed by atoms with Gasteiger partial charge in [-0.05, 0) is 64.0 Å². The second-order valence-corrected chi connectivity index (χ2v) is 20.5. The second kappa shape index (κ2) is 29.8. The zero-order valence-electron chi connectivity index (χ0n) is 46.6. The SMILES string of the molecule is CCCCC#Cc1ccccc1C(=O)O[C@@H]1O[C@H](COCc2ccccc2)[C@@H](O[C@@H]2O[C@H](COCc3ccccc3)[C@@H](OCc3ccccc3)[C@H](OCc3ccccc3)[C@H]2N=[N+]=[N-])[C@H](OCc2ccccc2)[C@H]1N1C(=O)c2ccccc2C1=O. The quantitative estimate of drug-likeness (QED) is 0.0100. The largest absolute Gasteiger partial charge is 0.430 e. The van der Waals surface area contributed by atoms with E-state index in [1.807, 2.05) is 152 Å². The van der Waals surface area contributed by atoms with E-state index in [-0.39, 0.29) is 62.9 Å². The van der Waals surface area contributed by atoms with Gasteiger partial charge in [0, 0.05) is 16.9 Å². The average molecular weight is 1130 g/mol. The van der Waals surface area contributed by atoms with E-state index in [9.17, 15) is 10.3 Å². The van der Waals surface area contributed by atoms with E-state index in [4.69, 9.17) is 42.6 Å².